The van der Waals surface area contributed by atoms with Crippen molar-refractivity contribution in [3.05, 3.63) is 35.4 Å². The van der Waals surface area contributed by atoms with Gasteiger partial charge in [0.05, 0.1) is 0 Å². The number of rotatable bonds is 6. The Bertz CT molecular complexity index is 433. The van der Waals surface area contributed by atoms with Crippen molar-refractivity contribution in [1.82, 2.24) is 5.48 Å². The second-order valence-corrected chi connectivity index (χ2v) is 6.28. The zero-order chi connectivity index (χ0) is 15.1. The van der Waals surface area contributed by atoms with Gasteiger partial charge >= 0.3 is 0 Å². The molecule has 0 aromatic heterocycles. The van der Waals surface area contributed by atoms with Crippen LogP contribution in [0.4, 0.5) is 0 Å². The Labute approximate surface area is 127 Å². The lowest BCUT2D eigenvalue weighted by molar-refractivity contribution is 0.0706. The number of nitrogens with one attached hydrogen (secondary N) is 1. The standard InChI is InChI=1S/C18H27NO2/c1-2-3-4-5-14-6-8-15(9-7-14)16-10-12-17(13-11-16)18(20)19-21/h10-15,21H,2-9H2,1H3,(H,19,20). The summed E-state index contributed by atoms with van der Waals surface area (Å²) in [6, 6.07) is 7.67. The van der Waals surface area contributed by atoms with Crippen molar-refractivity contribution >= 4 is 5.91 Å². The summed E-state index contributed by atoms with van der Waals surface area (Å²) >= 11 is 0. The number of hydroxylamine groups is 1. The third-order valence-corrected chi connectivity index (χ3v) is 4.81. The molecule has 0 saturated heterocycles. The van der Waals surface area contributed by atoms with Gasteiger partial charge in [0.1, 0.15) is 0 Å². The SMILES string of the molecule is CCCCCC1CCC(c2ccc(C(=O)NO)cc2)CC1. The van der Waals surface area contributed by atoms with Crippen molar-refractivity contribution in [2.24, 2.45) is 5.92 Å². The van der Waals surface area contributed by atoms with Crippen molar-refractivity contribution in [2.75, 3.05) is 0 Å². The monoisotopic (exact) mass is 289 g/mol. The number of amides is 1. The van der Waals surface area contributed by atoms with E-state index >= 15 is 0 Å². The van der Waals surface area contributed by atoms with Crippen molar-refractivity contribution in [3.8, 4) is 0 Å². The second kappa shape index (κ2) is 8.18. The highest BCUT2D eigenvalue weighted by Gasteiger charge is 2.22. The molecule has 0 atom stereocenters. The van der Waals surface area contributed by atoms with Gasteiger partial charge in [0, 0.05) is 5.56 Å². The average Bonchev–Trinajstić information content (AvgIpc) is 2.55. The van der Waals surface area contributed by atoms with E-state index in [9.17, 15) is 4.79 Å². The Kier molecular flexibility index (Phi) is 6.24. The fraction of sp³-hybridized carbons (Fsp3) is 0.611. The van der Waals surface area contributed by atoms with Crippen LogP contribution in [0.1, 0.15) is 80.1 Å². The van der Waals surface area contributed by atoms with Gasteiger partial charge in [0.15, 0.2) is 0 Å². The Morgan fingerprint density at radius 1 is 1.14 bits per heavy atom. The van der Waals surface area contributed by atoms with Gasteiger partial charge in [-0.15, -0.1) is 0 Å². The Morgan fingerprint density at radius 3 is 2.38 bits per heavy atom. The number of carbonyl (C=O) groups is 1. The summed E-state index contributed by atoms with van der Waals surface area (Å²) in [7, 11) is 0. The number of carbonyl (C=O) groups excluding carboxylic acids is 1. The number of hydrogen-bond donors (Lipinski definition) is 2. The van der Waals surface area contributed by atoms with E-state index < -0.39 is 5.91 Å². The molecule has 21 heavy (non-hydrogen) atoms. The van der Waals surface area contributed by atoms with Gasteiger partial charge in [-0.05, 0) is 55.2 Å². The van der Waals surface area contributed by atoms with E-state index in [0.29, 0.717) is 11.5 Å². The summed E-state index contributed by atoms with van der Waals surface area (Å²) in [4.78, 5) is 11.3. The molecule has 1 amide bonds. The minimum atomic E-state index is -0.443. The largest absolute Gasteiger partial charge is 0.288 e. The number of unbranched alkanes of at least 4 members (excludes halogenated alkanes) is 2. The fourth-order valence-corrected chi connectivity index (χ4v) is 3.44. The number of benzene rings is 1. The van der Waals surface area contributed by atoms with Gasteiger partial charge in [-0.2, -0.15) is 0 Å². The van der Waals surface area contributed by atoms with Crippen LogP contribution in [-0.2, 0) is 0 Å². The van der Waals surface area contributed by atoms with Crippen LogP contribution in [0.25, 0.3) is 0 Å². The summed E-state index contributed by atoms with van der Waals surface area (Å²) in [5, 5.41) is 8.62. The van der Waals surface area contributed by atoms with Gasteiger partial charge < -0.3 is 0 Å². The van der Waals surface area contributed by atoms with E-state index in [1.165, 1.54) is 56.9 Å². The highest BCUT2D eigenvalue weighted by atomic mass is 16.5. The van der Waals surface area contributed by atoms with Gasteiger partial charge in [-0.25, -0.2) is 5.48 Å². The van der Waals surface area contributed by atoms with Crippen LogP contribution in [0.15, 0.2) is 24.3 Å². The zero-order valence-corrected chi connectivity index (χ0v) is 13.0. The molecule has 0 unspecified atom stereocenters. The summed E-state index contributed by atoms with van der Waals surface area (Å²) < 4.78 is 0. The predicted octanol–water partition coefficient (Wildman–Crippen LogP) is 4.66. The molecular weight excluding hydrogens is 262 g/mol. The van der Waals surface area contributed by atoms with Crippen LogP contribution in [0, 0.1) is 5.92 Å². The molecule has 116 valence electrons. The van der Waals surface area contributed by atoms with E-state index in [2.05, 4.69) is 6.92 Å². The molecule has 1 aliphatic carbocycles. The quantitative estimate of drug-likeness (QED) is 0.454. The van der Waals surface area contributed by atoms with Crippen molar-refractivity contribution in [2.45, 2.75) is 64.2 Å². The molecule has 1 aromatic rings. The molecule has 1 saturated carbocycles. The van der Waals surface area contributed by atoms with Crippen LogP contribution in [0.5, 0.6) is 0 Å². The van der Waals surface area contributed by atoms with E-state index in [1.807, 2.05) is 12.1 Å². The maximum atomic E-state index is 11.3. The molecule has 0 spiro atoms. The molecular formula is C18H27NO2. The molecule has 0 bridgehead atoms. The smallest absolute Gasteiger partial charge is 0.274 e. The molecule has 0 radical (unpaired) electrons. The first-order valence-electron chi connectivity index (χ1n) is 8.29. The molecule has 3 heteroatoms. The minimum absolute atomic E-state index is 0.443. The number of hydrogen-bond acceptors (Lipinski definition) is 2. The summed E-state index contributed by atoms with van der Waals surface area (Å²) in [5.41, 5.74) is 3.51. The normalized spacial score (nSPS) is 22.0. The van der Waals surface area contributed by atoms with E-state index in [1.54, 1.807) is 17.6 Å². The van der Waals surface area contributed by atoms with Gasteiger partial charge in [0.2, 0.25) is 0 Å². The molecule has 2 rings (SSSR count). The first-order valence-corrected chi connectivity index (χ1v) is 8.29. The first kappa shape index (κ1) is 16.0. The zero-order valence-electron chi connectivity index (χ0n) is 13.0. The fourth-order valence-electron chi connectivity index (χ4n) is 3.44. The van der Waals surface area contributed by atoms with Gasteiger partial charge in [0.25, 0.3) is 5.91 Å². The van der Waals surface area contributed by atoms with E-state index in [4.69, 9.17) is 5.21 Å². The predicted molar refractivity (Wildman–Crippen MR) is 84.5 cm³/mol. The Hall–Kier alpha value is -1.35. The first-order chi connectivity index (χ1) is 10.2. The topological polar surface area (TPSA) is 49.3 Å². The molecule has 2 N–H and O–H groups in total. The summed E-state index contributed by atoms with van der Waals surface area (Å²) in [6.07, 6.45) is 10.7. The third-order valence-electron chi connectivity index (χ3n) is 4.81. The van der Waals surface area contributed by atoms with Crippen LogP contribution >= 0.6 is 0 Å². The average molecular weight is 289 g/mol. The lowest BCUT2D eigenvalue weighted by Crippen LogP contribution is -2.18. The molecule has 1 aliphatic rings. The summed E-state index contributed by atoms with van der Waals surface area (Å²) in [5.74, 6) is 1.12. The minimum Gasteiger partial charge on any atom is -0.288 e. The Balaban J connectivity index is 1.83. The lowest BCUT2D eigenvalue weighted by atomic mass is 9.77. The summed E-state index contributed by atoms with van der Waals surface area (Å²) in [6.45, 7) is 2.26. The molecule has 0 aliphatic heterocycles. The van der Waals surface area contributed by atoms with Gasteiger partial charge in [-0.3, -0.25) is 10.0 Å². The molecule has 3 nitrogen and oxygen atoms in total. The van der Waals surface area contributed by atoms with Gasteiger partial charge in [-0.1, -0.05) is 44.7 Å². The van der Waals surface area contributed by atoms with Crippen LogP contribution in [0.3, 0.4) is 0 Å². The maximum Gasteiger partial charge on any atom is 0.274 e. The van der Waals surface area contributed by atoms with Crippen molar-refractivity contribution < 1.29 is 10.0 Å². The molecule has 0 heterocycles. The second-order valence-electron chi connectivity index (χ2n) is 6.28. The lowest BCUT2D eigenvalue weighted by Gasteiger charge is -2.29. The molecule has 1 aromatic carbocycles. The molecule has 1 fully saturated rings. The highest BCUT2D eigenvalue weighted by Crippen LogP contribution is 2.37. The van der Waals surface area contributed by atoms with Crippen molar-refractivity contribution in [1.29, 1.82) is 0 Å². The highest BCUT2D eigenvalue weighted by molar-refractivity contribution is 5.93. The van der Waals surface area contributed by atoms with Crippen LogP contribution in [-0.4, -0.2) is 11.1 Å². The van der Waals surface area contributed by atoms with Crippen molar-refractivity contribution in [3.63, 3.8) is 0 Å². The maximum absolute atomic E-state index is 11.3. The Morgan fingerprint density at radius 2 is 1.81 bits per heavy atom. The third kappa shape index (κ3) is 4.57. The van der Waals surface area contributed by atoms with E-state index in [-0.39, 0.29) is 0 Å². The van der Waals surface area contributed by atoms with Crippen LogP contribution in [0.2, 0.25) is 0 Å². The van der Waals surface area contributed by atoms with E-state index in [0.717, 1.165) is 5.92 Å². The van der Waals surface area contributed by atoms with Crippen LogP contribution < -0.4 is 5.48 Å².